The summed E-state index contributed by atoms with van der Waals surface area (Å²) in [6.45, 7) is 6.66. The van der Waals surface area contributed by atoms with Crippen LogP contribution in [0.1, 0.15) is 44.1 Å². The number of hydrogen-bond acceptors (Lipinski definition) is 4. The van der Waals surface area contributed by atoms with Crippen LogP contribution in [-0.4, -0.2) is 87.6 Å². The number of carbonyl (C=O) groups is 2. The van der Waals surface area contributed by atoms with Crippen LogP contribution in [0.3, 0.4) is 0 Å². The summed E-state index contributed by atoms with van der Waals surface area (Å²) >= 11 is 0. The Bertz CT molecular complexity index is 817. The number of guanidine groups is 1. The van der Waals surface area contributed by atoms with Gasteiger partial charge in [0, 0.05) is 71.5 Å². The molecule has 2 aliphatic heterocycles. The highest BCUT2D eigenvalue weighted by Gasteiger charge is 2.32. The predicted octanol–water partition coefficient (Wildman–Crippen LogP) is 2.68. The second kappa shape index (κ2) is 13.7. The van der Waals surface area contributed by atoms with Crippen molar-refractivity contribution in [1.82, 2.24) is 15.1 Å². The molecule has 184 valence electrons. The number of ether oxygens (including phenoxy) is 1. The van der Waals surface area contributed by atoms with E-state index in [1.165, 1.54) is 5.56 Å². The highest BCUT2D eigenvalue weighted by atomic mass is 127. The number of para-hydroxylation sites is 1. The van der Waals surface area contributed by atoms with Crippen LogP contribution in [0.4, 0.5) is 5.69 Å². The van der Waals surface area contributed by atoms with Crippen molar-refractivity contribution in [3.05, 3.63) is 29.8 Å². The van der Waals surface area contributed by atoms with Gasteiger partial charge in [-0.3, -0.25) is 9.59 Å². The van der Waals surface area contributed by atoms with E-state index in [4.69, 9.17) is 4.74 Å². The van der Waals surface area contributed by atoms with Crippen molar-refractivity contribution in [3.63, 3.8) is 0 Å². The molecule has 33 heavy (non-hydrogen) atoms. The normalized spacial score (nSPS) is 17.7. The minimum Gasteiger partial charge on any atom is -0.382 e. The lowest BCUT2D eigenvalue weighted by Crippen LogP contribution is -2.42. The molecule has 0 spiro atoms. The molecule has 2 amide bonds. The molecule has 9 heteroatoms. The fourth-order valence-electron chi connectivity index (χ4n) is 4.23. The largest absolute Gasteiger partial charge is 0.382 e. The summed E-state index contributed by atoms with van der Waals surface area (Å²) in [5.74, 6) is 1.28. The number of likely N-dealkylation sites (N-methyl/N-ethyl adjacent to an activating group) is 1. The fraction of sp³-hybridized carbons (Fsp3) is 0.625. The maximum atomic E-state index is 12.2. The van der Waals surface area contributed by atoms with Crippen molar-refractivity contribution in [3.8, 4) is 0 Å². The van der Waals surface area contributed by atoms with Gasteiger partial charge in [0.1, 0.15) is 6.54 Å². The van der Waals surface area contributed by atoms with Gasteiger partial charge in [0.25, 0.3) is 0 Å². The van der Waals surface area contributed by atoms with Crippen LogP contribution in [0.5, 0.6) is 0 Å². The monoisotopic (exact) mass is 571 g/mol. The molecule has 0 saturated carbocycles. The van der Waals surface area contributed by atoms with E-state index in [1.54, 1.807) is 19.0 Å². The second-order valence-corrected chi connectivity index (χ2v) is 8.54. The Morgan fingerprint density at radius 3 is 2.79 bits per heavy atom. The Morgan fingerprint density at radius 1 is 1.30 bits per heavy atom. The van der Waals surface area contributed by atoms with Crippen molar-refractivity contribution in [2.24, 2.45) is 4.99 Å². The molecule has 3 rings (SSSR count). The van der Waals surface area contributed by atoms with Crippen LogP contribution in [-0.2, 0) is 14.3 Å². The number of rotatable bonds is 10. The van der Waals surface area contributed by atoms with Gasteiger partial charge in [-0.05, 0) is 37.8 Å². The molecule has 1 aromatic rings. The van der Waals surface area contributed by atoms with Crippen LogP contribution in [0.2, 0.25) is 0 Å². The molecule has 8 nitrogen and oxygen atoms in total. The number of anilines is 1. The summed E-state index contributed by atoms with van der Waals surface area (Å²) in [5.41, 5.74) is 2.40. The zero-order chi connectivity index (χ0) is 22.9. The van der Waals surface area contributed by atoms with Gasteiger partial charge in [0.2, 0.25) is 11.8 Å². The number of aliphatic imine (C=N–C) groups is 1. The van der Waals surface area contributed by atoms with Gasteiger partial charge in [-0.1, -0.05) is 18.2 Å². The third-order valence-electron chi connectivity index (χ3n) is 6.06. The molecular weight excluding hydrogens is 533 g/mol. The first kappa shape index (κ1) is 27.4. The third kappa shape index (κ3) is 7.56. The summed E-state index contributed by atoms with van der Waals surface area (Å²) in [4.78, 5) is 34.6. The molecule has 1 saturated heterocycles. The smallest absolute Gasteiger partial charge is 0.243 e. The van der Waals surface area contributed by atoms with E-state index in [1.807, 2.05) is 17.9 Å². The molecule has 0 aromatic heterocycles. The van der Waals surface area contributed by atoms with Crippen molar-refractivity contribution in [2.45, 2.75) is 38.5 Å². The molecule has 0 aliphatic carbocycles. The Morgan fingerprint density at radius 2 is 2.09 bits per heavy atom. The zero-order valence-corrected chi connectivity index (χ0v) is 22.4. The van der Waals surface area contributed by atoms with Gasteiger partial charge in [-0.2, -0.15) is 0 Å². The number of carbonyl (C=O) groups excluding carboxylic acids is 2. The van der Waals surface area contributed by atoms with Gasteiger partial charge in [-0.25, -0.2) is 4.99 Å². The summed E-state index contributed by atoms with van der Waals surface area (Å²) in [6, 6.07) is 8.39. The average Bonchev–Trinajstić information content (AvgIpc) is 3.37. The minimum atomic E-state index is -0.0322. The van der Waals surface area contributed by atoms with Crippen molar-refractivity contribution >= 4 is 47.4 Å². The first-order valence-corrected chi connectivity index (χ1v) is 11.7. The van der Waals surface area contributed by atoms with Gasteiger partial charge in [0.15, 0.2) is 5.96 Å². The number of nitrogens with one attached hydrogen (secondary N) is 1. The molecular formula is C24H38IN5O3. The summed E-state index contributed by atoms with van der Waals surface area (Å²) < 4.78 is 5.45. The quantitative estimate of drug-likeness (QED) is 0.202. The molecule has 0 radical (unpaired) electrons. The first-order chi connectivity index (χ1) is 15.5. The molecule has 1 fully saturated rings. The lowest BCUT2D eigenvalue weighted by molar-refractivity contribution is -0.128. The van der Waals surface area contributed by atoms with Crippen LogP contribution in [0, 0.1) is 0 Å². The highest BCUT2D eigenvalue weighted by molar-refractivity contribution is 14.0. The lowest BCUT2D eigenvalue weighted by atomic mass is 9.98. The van der Waals surface area contributed by atoms with E-state index in [9.17, 15) is 9.59 Å². The molecule has 1 N–H and O–H groups in total. The lowest BCUT2D eigenvalue weighted by Gasteiger charge is -2.24. The fourth-order valence-corrected chi connectivity index (χ4v) is 4.23. The minimum absolute atomic E-state index is 0. The standard InChI is InChI=1S/C24H37N5O3.HI/c1-4-32-16-8-13-25-24(26-17-23(31)27(2)3)29-18-19(20-9-5-6-10-21(20)29)12-15-28-14-7-11-22(28)30;/h5-6,9-10,19H,4,7-8,11-18H2,1-3H3,(H,25,26);1H. The number of amides is 2. The van der Waals surface area contributed by atoms with Gasteiger partial charge >= 0.3 is 0 Å². The maximum Gasteiger partial charge on any atom is 0.243 e. The highest BCUT2D eigenvalue weighted by Crippen LogP contribution is 2.38. The van der Waals surface area contributed by atoms with Crippen molar-refractivity contribution < 1.29 is 14.3 Å². The summed E-state index contributed by atoms with van der Waals surface area (Å²) in [5, 5.41) is 3.44. The van der Waals surface area contributed by atoms with Gasteiger partial charge < -0.3 is 24.8 Å². The first-order valence-electron chi connectivity index (χ1n) is 11.7. The number of halogens is 1. The van der Waals surface area contributed by atoms with E-state index in [0.29, 0.717) is 25.6 Å². The molecule has 1 unspecified atom stereocenters. The maximum absolute atomic E-state index is 12.2. The summed E-state index contributed by atoms with van der Waals surface area (Å²) in [7, 11) is 3.49. The van der Waals surface area contributed by atoms with Crippen LogP contribution >= 0.6 is 24.0 Å². The number of hydrogen-bond donors (Lipinski definition) is 1. The SMILES string of the molecule is CCOCCCNC(=NCC(=O)N(C)C)N1CC(CCN2CCCC2=O)c2ccccc21.I. The Hall–Kier alpha value is -1.88. The van der Waals surface area contributed by atoms with E-state index < -0.39 is 0 Å². The third-order valence-corrected chi connectivity index (χ3v) is 6.06. The summed E-state index contributed by atoms with van der Waals surface area (Å²) in [6.07, 6.45) is 3.43. The van der Waals surface area contributed by atoms with Gasteiger partial charge in [0.05, 0.1) is 0 Å². The Labute approximate surface area is 214 Å². The predicted molar refractivity (Wildman–Crippen MR) is 142 cm³/mol. The number of fused-ring (bicyclic) bond motifs is 1. The van der Waals surface area contributed by atoms with E-state index in [0.717, 1.165) is 57.1 Å². The van der Waals surface area contributed by atoms with Crippen LogP contribution in [0.25, 0.3) is 0 Å². The van der Waals surface area contributed by atoms with Crippen molar-refractivity contribution in [1.29, 1.82) is 0 Å². The van der Waals surface area contributed by atoms with E-state index in [2.05, 4.69) is 33.4 Å². The number of benzene rings is 1. The molecule has 0 bridgehead atoms. The Balaban J connectivity index is 0.00000385. The van der Waals surface area contributed by atoms with E-state index >= 15 is 0 Å². The molecule has 2 heterocycles. The van der Waals surface area contributed by atoms with Crippen LogP contribution < -0.4 is 10.2 Å². The van der Waals surface area contributed by atoms with Gasteiger partial charge in [-0.15, -0.1) is 24.0 Å². The van der Waals surface area contributed by atoms with E-state index in [-0.39, 0.29) is 42.3 Å². The second-order valence-electron chi connectivity index (χ2n) is 8.54. The molecule has 1 atom stereocenters. The number of nitrogens with zero attached hydrogens (tertiary/aromatic N) is 4. The molecule has 2 aliphatic rings. The Kier molecular flexibility index (Phi) is 11.4. The van der Waals surface area contributed by atoms with Crippen LogP contribution in [0.15, 0.2) is 29.3 Å². The number of likely N-dealkylation sites (tertiary alicyclic amines) is 1. The van der Waals surface area contributed by atoms with Crippen molar-refractivity contribution in [2.75, 3.05) is 64.9 Å². The zero-order valence-electron chi connectivity index (χ0n) is 20.1. The molecule has 1 aromatic carbocycles. The average molecular weight is 572 g/mol. The topological polar surface area (TPSA) is 77.5 Å².